The number of aryl methyl sites for hydroxylation is 1. The Balaban J connectivity index is 1.54. The third-order valence-electron chi connectivity index (χ3n) is 8.47. The molecule has 0 bridgehead atoms. The molecule has 0 spiro atoms. The SMILES string of the molecule is Cc1[nH]nc2c1[C@@]1(C)CC[C@@H]3[C@@H](CC=C4C[C@H](O)CC[C@@]43C)[C@H]1C2. The van der Waals surface area contributed by atoms with Gasteiger partial charge in [0.1, 0.15) is 0 Å². The van der Waals surface area contributed by atoms with Gasteiger partial charge in [-0.2, -0.15) is 5.10 Å². The highest BCUT2D eigenvalue weighted by Gasteiger charge is 2.58. The fourth-order valence-corrected chi connectivity index (χ4v) is 7.24. The topological polar surface area (TPSA) is 48.9 Å². The van der Waals surface area contributed by atoms with E-state index in [1.54, 1.807) is 11.1 Å². The van der Waals surface area contributed by atoms with Crippen molar-refractivity contribution in [2.75, 3.05) is 0 Å². The third-order valence-corrected chi connectivity index (χ3v) is 8.47. The second-order valence-corrected chi connectivity index (χ2v) is 9.49. The van der Waals surface area contributed by atoms with Crippen molar-refractivity contribution < 1.29 is 5.11 Å². The van der Waals surface area contributed by atoms with Crippen LogP contribution >= 0.6 is 0 Å². The zero-order valence-electron chi connectivity index (χ0n) is 15.2. The van der Waals surface area contributed by atoms with Gasteiger partial charge in [0.25, 0.3) is 0 Å². The standard InChI is InChI=1S/C21H30N2O/c1-12-19-18(23-22-12)11-17-15-5-4-13-10-14(24)6-8-20(13,2)16(15)7-9-21(17,19)3/h4,14-17,24H,5-11H2,1-3H3,(H,22,23)/t14-,15-,16-,17-,20+,21+/m1/s1. The normalized spacial score (nSPS) is 46.6. The number of nitrogens with zero attached hydrogens (tertiary/aromatic N) is 1. The van der Waals surface area contributed by atoms with Crippen molar-refractivity contribution in [2.24, 2.45) is 23.2 Å². The smallest absolute Gasteiger partial charge is 0.0665 e. The summed E-state index contributed by atoms with van der Waals surface area (Å²) in [6.07, 6.45) is 10.5. The van der Waals surface area contributed by atoms with Gasteiger partial charge in [0.05, 0.1) is 11.8 Å². The molecule has 5 rings (SSSR count). The Bertz CT molecular complexity index is 719. The Hall–Kier alpha value is -1.09. The third kappa shape index (κ3) is 1.75. The van der Waals surface area contributed by atoms with Crippen molar-refractivity contribution in [3.05, 3.63) is 28.6 Å². The van der Waals surface area contributed by atoms with Gasteiger partial charge in [0.2, 0.25) is 0 Å². The van der Waals surface area contributed by atoms with Crippen LogP contribution in [-0.2, 0) is 11.8 Å². The van der Waals surface area contributed by atoms with E-state index in [0.29, 0.717) is 10.8 Å². The van der Waals surface area contributed by atoms with E-state index < -0.39 is 0 Å². The molecule has 2 saturated carbocycles. The molecule has 6 atom stereocenters. The van der Waals surface area contributed by atoms with Gasteiger partial charge in [0.15, 0.2) is 0 Å². The monoisotopic (exact) mass is 326 g/mol. The average Bonchev–Trinajstić information content (AvgIpc) is 3.06. The zero-order valence-corrected chi connectivity index (χ0v) is 15.2. The molecule has 0 radical (unpaired) electrons. The highest BCUT2D eigenvalue weighted by atomic mass is 16.3. The molecule has 4 aliphatic rings. The predicted molar refractivity (Wildman–Crippen MR) is 94.7 cm³/mol. The maximum atomic E-state index is 10.1. The minimum absolute atomic E-state index is 0.103. The van der Waals surface area contributed by atoms with Gasteiger partial charge in [0, 0.05) is 11.3 Å². The van der Waals surface area contributed by atoms with Crippen LogP contribution in [0.2, 0.25) is 0 Å². The van der Waals surface area contributed by atoms with E-state index in [9.17, 15) is 5.11 Å². The maximum absolute atomic E-state index is 10.1. The molecule has 1 aromatic heterocycles. The second kappa shape index (κ2) is 4.75. The number of aromatic nitrogens is 2. The Morgan fingerprint density at radius 3 is 2.75 bits per heavy atom. The summed E-state index contributed by atoms with van der Waals surface area (Å²) in [6, 6.07) is 0. The first-order chi connectivity index (χ1) is 11.4. The van der Waals surface area contributed by atoms with E-state index in [2.05, 4.69) is 37.0 Å². The molecule has 0 saturated heterocycles. The van der Waals surface area contributed by atoms with Crippen molar-refractivity contribution in [1.29, 1.82) is 0 Å². The van der Waals surface area contributed by atoms with Crippen molar-refractivity contribution >= 4 is 0 Å². The first kappa shape index (κ1) is 15.2. The molecule has 1 heterocycles. The summed E-state index contributed by atoms with van der Waals surface area (Å²) in [5.74, 6) is 2.35. The molecule has 0 amide bonds. The first-order valence-electron chi connectivity index (χ1n) is 9.85. The van der Waals surface area contributed by atoms with Gasteiger partial charge < -0.3 is 5.11 Å². The van der Waals surface area contributed by atoms with E-state index >= 15 is 0 Å². The van der Waals surface area contributed by atoms with Gasteiger partial charge in [-0.05, 0) is 80.5 Å². The van der Waals surface area contributed by atoms with E-state index in [1.807, 2.05) is 0 Å². The first-order valence-corrected chi connectivity index (χ1v) is 9.85. The molecule has 1 aromatic rings. The van der Waals surface area contributed by atoms with Gasteiger partial charge >= 0.3 is 0 Å². The largest absolute Gasteiger partial charge is 0.393 e. The van der Waals surface area contributed by atoms with Crippen LogP contribution in [0.15, 0.2) is 11.6 Å². The van der Waals surface area contributed by atoms with E-state index in [4.69, 9.17) is 0 Å². The van der Waals surface area contributed by atoms with E-state index in [-0.39, 0.29) is 6.10 Å². The van der Waals surface area contributed by atoms with Gasteiger partial charge in [-0.25, -0.2) is 0 Å². The molecule has 3 nitrogen and oxygen atoms in total. The Morgan fingerprint density at radius 2 is 1.92 bits per heavy atom. The minimum Gasteiger partial charge on any atom is -0.393 e. The van der Waals surface area contributed by atoms with Gasteiger partial charge in [-0.1, -0.05) is 25.5 Å². The molecule has 3 heteroatoms. The van der Waals surface area contributed by atoms with Crippen molar-refractivity contribution in [3.63, 3.8) is 0 Å². The van der Waals surface area contributed by atoms with Crippen LogP contribution in [0, 0.1) is 30.1 Å². The predicted octanol–water partition coefficient (Wildman–Crippen LogP) is 4.06. The summed E-state index contributed by atoms with van der Waals surface area (Å²) in [6.45, 7) is 7.21. The van der Waals surface area contributed by atoms with Crippen molar-refractivity contribution in [1.82, 2.24) is 10.2 Å². The molecule has 0 aromatic carbocycles. The summed E-state index contributed by atoms with van der Waals surface area (Å²) < 4.78 is 0. The molecule has 2 fully saturated rings. The lowest BCUT2D eigenvalue weighted by molar-refractivity contribution is -0.0166. The molecule has 24 heavy (non-hydrogen) atoms. The number of aliphatic hydroxyl groups is 1. The lowest BCUT2D eigenvalue weighted by Gasteiger charge is -2.57. The number of hydrogen-bond acceptors (Lipinski definition) is 2. The fourth-order valence-electron chi connectivity index (χ4n) is 7.24. The van der Waals surface area contributed by atoms with E-state index in [1.165, 1.54) is 43.5 Å². The molecular formula is C21H30N2O. The molecule has 0 unspecified atom stereocenters. The fraction of sp³-hybridized carbons (Fsp3) is 0.762. The highest BCUT2D eigenvalue weighted by molar-refractivity contribution is 5.41. The number of allylic oxidation sites excluding steroid dienone is 1. The van der Waals surface area contributed by atoms with Crippen molar-refractivity contribution in [3.8, 4) is 0 Å². The Kier molecular flexibility index (Phi) is 3.01. The molecular weight excluding hydrogens is 296 g/mol. The number of rotatable bonds is 0. The molecule has 2 N–H and O–H groups in total. The average molecular weight is 326 g/mol. The van der Waals surface area contributed by atoms with Gasteiger partial charge in [-0.3, -0.25) is 5.10 Å². The summed E-state index contributed by atoms with van der Waals surface area (Å²) in [7, 11) is 0. The number of fused-ring (bicyclic) bond motifs is 7. The summed E-state index contributed by atoms with van der Waals surface area (Å²) in [5, 5.41) is 18.0. The van der Waals surface area contributed by atoms with Crippen molar-refractivity contribution in [2.45, 2.75) is 77.2 Å². The van der Waals surface area contributed by atoms with Crippen LogP contribution < -0.4 is 0 Å². The number of hydrogen-bond donors (Lipinski definition) is 2. The summed E-state index contributed by atoms with van der Waals surface area (Å²) in [5.41, 5.74) is 6.42. The number of aliphatic hydroxyl groups excluding tert-OH is 1. The second-order valence-electron chi connectivity index (χ2n) is 9.49. The van der Waals surface area contributed by atoms with Crippen LogP contribution in [0.5, 0.6) is 0 Å². The minimum atomic E-state index is -0.103. The quantitative estimate of drug-likeness (QED) is 0.707. The number of nitrogens with one attached hydrogen (secondary N) is 1. The molecule has 4 aliphatic carbocycles. The number of aromatic amines is 1. The van der Waals surface area contributed by atoms with E-state index in [0.717, 1.165) is 30.6 Å². The Labute approximate surface area is 144 Å². The highest BCUT2D eigenvalue weighted by Crippen LogP contribution is 2.64. The number of H-pyrrole nitrogens is 1. The van der Waals surface area contributed by atoms with Crippen LogP contribution in [0.1, 0.15) is 69.3 Å². The Morgan fingerprint density at radius 1 is 1.12 bits per heavy atom. The lowest BCUT2D eigenvalue weighted by atomic mass is 9.47. The zero-order chi connectivity index (χ0) is 16.7. The molecule has 130 valence electrons. The van der Waals surface area contributed by atoms with Gasteiger partial charge in [-0.15, -0.1) is 0 Å². The lowest BCUT2D eigenvalue weighted by Crippen LogP contribution is -2.51. The van der Waals surface area contributed by atoms with Crippen LogP contribution in [0.3, 0.4) is 0 Å². The maximum Gasteiger partial charge on any atom is 0.0665 e. The van der Waals surface area contributed by atoms with Crippen LogP contribution in [0.25, 0.3) is 0 Å². The summed E-state index contributed by atoms with van der Waals surface area (Å²) in [4.78, 5) is 0. The van der Waals surface area contributed by atoms with Crippen LogP contribution in [-0.4, -0.2) is 21.4 Å². The summed E-state index contributed by atoms with van der Waals surface area (Å²) >= 11 is 0. The van der Waals surface area contributed by atoms with Crippen LogP contribution in [0.4, 0.5) is 0 Å². The molecule has 0 aliphatic heterocycles.